The molecule has 0 bridgehead atoms. The number of aldehydes is 1. The van der Waals surface area contributed by atoms with Gasteiger partial charge in [-0.1, -0.05) is 48.5 Å². The van der Waals surface area contributed by atoms with Crippen LogP contribution in [0.5, 0.6) is 0 Å². The van der Waals surface area contributed by atoms with E-state index in [9.17, 15) is 4.79 Å². The van der Waals surface area contributed by atoms with Gasteiger partial charge in [-0.25, -0.2) is 0 Å². The summed E-state index contributed by atoms with van der Waals surface area (Å²) < 4.78 is 0. The topological polar surface area (TPSA) is 20.3 Å². The minimum absolute atomic E-state index is 0.0254. The van der Waals surface area contributed by atoms with Crippen LogP contribution in [0.25, 0.3) is 0 Å². The molecule has 2 heteroatoms. The molecule has 18 heavy (non-hydrogen) atoms. The van der Waals surface area contributed by atoms with E-state index < -0.39 is 0 Å². The second-order valence-electron chi connectivity index (χ2n) is 4.65. The molecule has 2 nitrogen and oxygen atoms in total. The molecule has 0 amide bonds. The lowest BCUT2D eigenvalue weighted by molar-refractivity contribution is -0.108. The fourth-order valence-corrected chi connectivity index (χ4v) is 2.58. The highest BCUT2D eigenvalue weighted by Crippen LogP contribution is 2.32. The average molecular weight is 237 g/mol. The molecule has 0 aromatic heterocycles. The second-order valence-corrected chi connectivity index (χ2v) is 4.65. The van der Waals surface area contributed by atoms with E-state index >= 15 is 0 Å². The van der Waals surface area contributed by atoms with Gasteiger partial charge in [-0.15, -0.1) is 0 Å². The number of fused-ring (bicyclic) bond motifs is 1. The maximum Gasteiger partial charge on any atom is 0.142 e. The van der Waals surface area contributed by atoms with Gasteiger partial charge < -0.3 is 9.69 Å². The highest BCUT2D eigenvalue weighted by atomic mass is 16.1. The third-order valence-corrected chi connectivity index (χ3v) is 3.48. The smallest absolute Gasteiger partial charge is 0.142 e. The van der Waals surface area contributed by atoms with Gasteiger partial charge in [0, 0.05) is 18.7 Å². The largest absolute Gasteiger partial charge is 0.357 e. The molecule has 0 saturated carbocycles. The van der Waals surface area contributed by atoms with Crippen LogP contribution in [0.3, 0.4) is 0 Å². The third-order valence-electron chi connectivity index (χ3n) is 3.48. The molecule has 90 valence electrons. The van der Waals surface area contributed by atoms with Crippen LogP contribution in [-0.2, 0) is 17.8 Å². The van der Waals surface area contributed by atoms with Crippen molar-refractivity contribution in [3.05, 3.63) is 65.7 Å². The zero-order valence-corrected chi connectivity index (χ0v) is 10.1. The maximum absolute atomic E-state index is 11.2. The highest BCUT2D eigenvalue weighted by molar-refractivity contribution is 5.73. The Morgan fingerprint density at radius 1 is 1.06 bits per heavy atom. The van der Waals surface area contributed by atoms with Crippen molar-refractivity contribution < 1.29 is 4.79 Å². The summed E-state index contributed by atoms with van der Waals surface area (Å²) in [6, 6.07) is 18.5. The zero-order chi connectivity index (χ0) is 12.4. The predicted octanol–water partition coefficient (Wildman–Crippen LogP) is 2.82. The summed E-state index contributed by atoms with van der Waals surface area (Å²) in [5, 5.41) is 0. The molecule has 0 spiro atoms. The van der Waals surface area contributed by atoms with Crippen LogP contribution >= 0.6 is 0 Å². The standard InChI is InChI=1S/C16H15NO/c18-12-15-10-14-8-4-5-9-16(14)17(15)11-13-6-2-1-3-7-13/h1-9,12,15H,10-11H2/t15-/m0/s1. The average Bonchev–Trinajstić information content (AvgIpc) is 2.78. The molecule has 2 aromatic carbocycles. The number of benzene rings is 2. The lowest BCUT2D eigenvalue weighted by atomic mass is 10.1. The van der Waals surface area contributed by atoms with Crippen LogP contribution in [0, 0.1) is 0 Å². The van der Waals surface area contributed by atoms with Crippen molar-refractivity contribution in [1.82, 2.24) is 0 Å². The number of nitrogens with zero attached hydrogens (tertiary/aromatic N) is 1. The highest BCUT2D eigenvalue weighted by Gasteiger charge is 2.28. The summed E-state index contributed by atoms with van der Waals surface area (Å²) in [6.45, 7) is 0.793. The van der Waals surface area contributed by atoms with E-state index in [0.717, 1.165) is 19.3 Å². The Bertz CT molecular complexity index is 550. The van der Waals surface area contributed by atoms with E-state index in [0.29, 0.717) is 0 Å². The monoisotopic (exact) mass is 237 g/mol. The number of hydrogen-bond donors (Lipinski definition) is 0. The molecule has 0 saturated heterocycles. The lowest BCUT2D eigenvalue weighted by Gasteiger charge is -2.24. The molecule has 0 N–H and O–H groups in total. The fourth-order valence-electron chi connectivity index (χ4n) is 2.58. The van der Waals surface area contributed by atoms with Gasteiger partial charge in [0.25, 0.3) is 0 Å². The zero-order valence-electron chi connectivity index (χ0n) is 10.1. The van der Waals surface area contributed by atoms with E-state index in [-0.39, 0.29) is 6.04 Å². The summed E-state index contributed by atoms with van der Waals surface area (Å²) >= 11 is 0. The quantitative estimate of drug-likeness (QED) is 0.765. The SMILES string of the molecule is O=C[C@@H]1Cc2ccccc2N1Cc1ccccc1. The van der Waals surface area contributed by atoms with Gasteiger partial charge in [0.05, 0.1) is 6.04 Å². The van der Waals surface area contributed by atoms with Gasteiger partial charge in [-0.05, 0) is 17.2 Å². The molecule has 1 aliphatic heterocycles. The molecule has 3 rings (SSSR count). The second kappa shape index (κ2) is 4.65. The Labute approximate surface area is 107 Å². The molecule has 1 aliphatic rings. The van der Waals surface area contributed by atoms with Gasteiger partial charge in [0.2, 0.25) is 0 Å². The van der Waals surface area contributed by atoms with Crippen molar-refractivity contribution >= 4 is 12.0 Å². The normalized spacial score (nSPS) is 17.6. The van der Waals surface area contributed by atoms with Crippen molar-refractivity contribution in [1.29, 1.82) is 0 Å². The van der Waals surface area contributed by atoms with E-state index in [1.165, 1.54) is 16.8 Å². The molecule has 0 fully saturated rings. The molecule has 2 aromatic rings. The summed E-state index contributed by atoms with van der Waals surface area (Å²) in [7, 11) is 0. The van der Waals surface area contributed by atoms with Crippen LogP contribution in [0.4, 0.5) is 5.69 Å². The predicted molar refractivity (Wildman–Crippen MR) is 72.6 cm³/mol. The maximum atomic E-state index is 11.2. The molecular weight excluding hydrogens is 222 g/mol. The lowest BCUT2D eigenvalue weighted by Crippen LogP contribution is -2.32. The van der Waals surface area contributed by atoms with Crippen molar-refractivity contribution in [3.8, 4) is 0 Å². The Hall–Kier alpha value is -2.09. The molecule has 0 aliphatic carbocycles. The summed E-state index contributed by atoms with van der Waals surface area (Å²) in [6.07, 6.45) is 1.88. The van der Waals surface area contributed by atoms with E-state index in [1.54, 1.807) is 0 Å². The summed E-state index contributed by atoms with van der Waals surface area (Å²) in [5.41, 5.74) is 3.70. The number of carbonyl (C=O) groups excluding carboxylic acids is 1. The summed E-state index contributed by atoms with van der Waals surface area (Å²) in [4.78, 5) is 13.4. The van der Waals surface area contributed by atoms with Crippen LogP contribution < -0.4 is 4.90 Å². The summed E-state index contributed by atoms with van der Waals surface area (Å²) in [5.74, 6) is 0. The number of hydrogen-bond acceptors (Lipinski definition) is 2. The number of anilines is 1. The van der Waals surface area contributed by atoms with Crippen LogP contribution in [0.2, 0.25) is 0 Å². The first-order chi connectivity index (χ1) is 8.88. The van der Waals surface area contributed by atoms with Gasteiger partial charge >= 0.3 is 0 Å². The van der Waals surface area contributed by atoms with E-state index in [2.05, 4.69) is 29.2 Å². The van der Waals surface area contributed by atoms with Crippen molar-refractivity contribution in [2.45, 2.75) is 19.0 Å². The first-order valence-electron chi connectivity index (χ1n) is 6.22. The van der Waals surface area contributed by atoms with E-state index in [4.69, 9.17) is 0 Å². The Morgan fingerprint density at radius 2 is 1.78 bits per heavy atom. The molecule has 1 heterocycles. The first-order valence-corrected chi connectivity index (χ1v) is 6.22. The van der Waals surface area contributed by atoms with Crippen LogP contribution in [-0.4, -0.2) is 12.3 Å². The molecule has 0 unspecified atom stereocenters. The molecular formula is C16H15NO. The number of carbonyl (C=O) groups is 1. The minimum atomic E-state index is -0.0254. The Balaban J connectivity index is 1.92. The van der Waals surface area contributed by atoms with Crippen molar-refractivity contribution in [2.75, 3.05) is 4.90 Å². The number of rotatable bonds is 3. The molecule has 0 radical (unpaired) electrons. The van der Waals surface area contributed by atoms with E-state index in [1.807, 2.05) is 30.3 Å². The Morgan fingerprint density at radius 3 is 2.56 bits per heavy atom. The van der Waals surface area contributed by atoms with Gasteiger partial charge in [-0.3, -0.25) is 0 Å². The molecule has 1 atom stereocenters. The van der Waals surface area contributed by atoms with Gasteiger partial charge in [-0.2, -0.15) is 0 Å². The van der Waals surface area contributed by atoms with Crippen LogP contribution in [0.15, 0.2) is 54.6 Å². The third kappa shape index (κ3) is 1.90. The number of para-hydroxylation sites is 1. The minimum Gasteiger partial charge on any atom is -0.357 e. The van der Waals surface area contributed by atoms with Crippen molar-refractivity contribution in [3.63, 3.8) is 0 Å². The van der Waals surface area contributed by atoms with Gasteiger partial charge in [0.1, 0.15) is 6.29 Å². The van der Waals surface area contributed by atoms with Gasteiger partial charge in [0.15, 0.2) is 0 Å². The Kier molecular flexibility index (Phi) is 2.85. The fraction of sp³-hybridized carbons (Fsp3) is 0.188. The van der Waals surface area contributed by atoms with Crippen molar-refractivity contribution in [2.24, 2.45) is 0 Å². The first kappa shape index (κ1) is 11.0. The van der Waals surface area contributed by atoms with Crippen LogP contribution in [0.1, 0.15) is 11.1 Å².